The Hall–Kier alpha value is -2.03. The van der Waals surface area contributed by atoms with E-state index >= 15 is 0 Å². The monoisotopic (exact) mass is 292 g/mol. The molecule has 0 atom stereocenters. The Balaban J connectivity index is 2.73. The van der Waals surface area contributed by atoms with E-state index in [1.807, 2.05) is 0 Å². The molecule has 0 aliphatic rings. The molecule has 1 aromatic rings. The molecule has 0 aliphatic carbocycles. The first kappa shape index (κ1) is 16.0. The minimum absolute atomic E-state index is 0.0418. The van der Waals surface area contributed by atoms with Crippen LogP contribution in [-0.2, 0) is 4.79 Å². The number of alkyl halides is 3. The van der Waals surface area contributed by atoms with E-state index in [-0.39, 0.29) is 29.8 Å². The van der Waals surface area contributed by atoms with Gasteiger partial charge in [-0.1, -0.05) is 0 Å². The number of likely N-dealkylation sites (N-methyl/N-ethyl adjacent to an activating group) is 1. The summed E-state index contributed by atoms with van der Waals surface area (Å²) in [6.45, 7) is -1.38. The number of halogens is 3. The maximum absolute atomic E-state index is 12.1. The van der Waals surface area contributed by atoms with Crippen molar-refractivity contribution in [2.75, 3.05) is 38.3 Å². The van der Waals surface area contributed by atoms with Gasteiger partial charge in [-0.25, -0.2) is 0 Å². The molecule has 0 unspecified atom stereocenters. The van der Waals surface area contributed by atoms with Crippen molar-refractivity contribution in [3.63, 3.8) is 0 Å². The first-order valence-corrected chi connectivity index (χ1v) is 5.58. The molecule has 1 rings (SSSR count). The quantitative estimate of drug-likeness (QED) is 0.849. The van der Waals surface area contributed by atoms with E-state index in [1.54, 1.807) is 19.0 Å². The van der Waals surface area contributed by atoms with Gasteiger partial charge in [0.2, 0.25) is 11.8 Å². The van der Waals surface area contributed by atoms with E-state index in [0.717, 1.165) is 0 Å². The molecule has 1 aromatic heterocycles. The number of carbonyl (C=O) groups is 1. The summed E-state index contributed by atoms with van der Waals surface area (Å²) in [6, 6.07) is 2.69. The molecule has 0 bridgehead atoms. The number of carbonyl (C=O) groups excluding carboxylic acids is 1. The van der Waals surface area contributed by atoms with Gasteiger partial charge in [-0.2, -0.15) is 18.2 Å². The van der Waals surface area contributed by atoms with Crippen molar-refractivity contribution in [3.8, 4) is 5.88 Å². The zero-order valence-electron chi connectivity index (χ0n) is 11.0. The van der Waals surface area contributed by atoms with Gasteiger partial charge in [0.25, 0.3) is 0 Å². The summed E-state index contributed by atoms with van der Waals surface area (Å²) in [5.74, 6) is -0.651. The third kappa shape index (κ3) is 5.74. The molecule has 20 heavy (non-hydrogen) atoms. The second-order valence-corrected chi connectivity index (χ2v) is 4.28. The van der Waals surface area contributed by atoms with Gasteiger partial charge in [0.1, 0.15) is 5.82 Å². The van der Waals surface area contributed by atoms with Crippen LogP contribution >= 0.6 is 0 Å². The molecule has 0 spiro atoms. The number of ether oxygens (including phenoxy) is 1. The molecule has 112 valence electrons. The van der Waals surface area contributed by atoms with Crippen molar-refractivity contribution >= 4 is 17.4 Å². The van der Waals surface area contributed by atoms with Crippen LogP contribution in [0.25, 0.3) is 0 Å². The summed E-state index contributed by atoms with van der Waals surface area (Å²) < 4.78 is 40.7. The topological polar surface area (TPSA) is 80.5 Å². The Labute approximate surface area is 113 Å². The summed E-state index contributed by atoms with van der Waals surface area (Å²) in [7, 11) is 3.40. The Morgan fingerprint density at radius 3 is 2.65 bits per heavy atom. The molecule has 0 saturated carbocycles. The Kier molecular flexibility index (Phi) is 5.14. The maximum atomic E-state index is 12.1. The predicted octanol–water partition coefficient (Wildman–Crippen LogP) is 1.10. The van der Waals surface area contributed by atoms with E-state index in [1.165, 1.54) is 12.1 Å². The van der Waals surface area contributed by atoms with E-state index in [9.17, 15) is 18.0 Å². The fraction of sp³-hybridized carbons (Fsp3) is 0.455. The highest BCUT2D eigenvalue weighted by Crippen LogP contribution is 2.23. The van der Waals surface area contributed by atoms with Gasteiger partial charge in [0.05, 0.1) is 12.2 Å². The highest BCUT2D eigenvalue weighted by molar-refractivity contribution is 5.91. The average Bonchev–Trinajstić information content (AvgIpc) is 2.27. The van der Waals surface area contributed by atoms with Gasteiger partial charge in [0.15, 0.2) is 6.61 Å². The smallest absolute Gasteiger partial charge is 0.422 e. The summed E-state index contributed by atoms with van der Waals surface area (Å²) in [6.07, 6.45) is -4.49. The average molecular weight is 292 g/mol. The molecule has 3 N–H and O–H groups in total. The third-order valence-corrected chi connectivity index (χ3v) is 1.99. The van der Waals surface area contributed by atoms with Crippen LogP contribution in [0.4, 0.5) is 24.7 Å². The Bertz CT molecular complexity index is 477. The molecule has 1 amide bonds. The Morgan fingerprint density at radius 2 is 2.10 bits per heavy atom. The molecule has 0 aliphatic heterocycles. The largest absolute Gasteiger partial charge is 0.466 e. The number of amides is 1. The zero-order valence-corrected chi connectivity index (χ0v) is 11.0. The van der Waals surface area contributed by atoms with Crippen molar-refractivity contribution in [2.24, 2.45) is 0 Å². The minimum Gasteiger partial charge on any atom is -0.466 e. The first-order valence-electron chi connectivity index (χ1n) is 5.58. The predicted molar refractivity (Wildman–Crippen MR) is 67.4 cm³/mol. The van der Waals surface area contributed by atoms with Crippen molar-refractivity contribution in [2.45, 2.75) is 6.18 Å². The van der Waals surface area contributed by atoms with Crippen LogP contribution in [0.2, 0.25) is 0 Å². The number of hydrogen-bond donors (Lipinski definition) is 2. The minimum atomic E-state index is -4.49. The Morgan fingerprint density at radius 1 is 1.45 bits per heavy atom. The zero-order chi connectivity index (χ0) is 15.3. The molecule has 6 nitrogen and oxygen atoms in total. The van der Waals surface area contributed by atoms with Crippen LogP contribution < -0.4 is 15.8 Å². The van der Waals surface area contributed by atoms with Gasteiger partial charge >= 0.3 is 6.18 Å². The number of rotatable bonds is 5. The lowest BCUT2D eigenvalue weighted by Crippen LogP contribution is -2.27. The molecule has 0 fully saturated rings. The summed E-state index contributed by atoms with van der Waals surface area (Å²) in [4.78, 5) is 16.8. The lowest BCUT2D eigenvalue weighted by Gasteiger charge is -2.13. The summed E-state index contributed by atoms with van der Waals surface area (Å²) in [5.41, 5.74) is 5.41. The normalized spacial score (nSPS) is 11.5. The lowest BCUT2D eigenvalue weighted by atomic mass is 10.4. The van der Waals surface area contributed by atoms with Gasteiger partial charge < -0.3 is 20.7 Å². The standard InChI is InChI=1S/C11H15F3N4O2/c1-18(2)5-9(19)16-8-4-3-7(15)10(17-8)20-6-11(12,13)14/h3-4H,5-6,15H2,1-2H3,(H,16,17,19). The summed E-state index contributed by atoms with van der Waals surface area (Å²) >= 11 is 0. The van der Waals surface area contributed by atoms with E-state index in [2.05, 4.69) is 15.0 Å². The molecular weight excluding hydrogens is 277 g/mol. The molecule has 0 saturated heterocycles. The van der Waals surface area contributed by atoms with E-state index in [4.69, 9.17) is 5.73 Å². The molecule has 0 aromatic carbocycles. The van der Waals surface area contributed by atoms with Crippen molar-refractivity contribution in [1.82, 2.24) is 9.88 Å². The number of nitrogens with one attached hydrogen (secondary N) is 1. The van der Waals surface area contributed by atoms with Gasteiger partial charge in [-0.15, -0.1) is 0 Å². The SMILES string of the molecule is CN(C)CC(=O)Nc1ccc(N)c(OCC(F)(F)F)n1. The van der Waals surface area contributed by atoms with Crippen LogP contribution in [0.1, 0.15) is 0 Å². The number of pyridine rings is 1. The number of anilines is 2. The molecular formula is C11H15F3N4O2. The number of hydrogen-bond acceptors (Lipinski definition) is 5. The lowest BCUT2D eigenvalue weighted by molar-refractivity contribution is -0.153. The van der Waals surface area contributed by atoms with Crippen LogP contribution in [-0.4, -0.2) is 49.2 Å². The van der Waals surface area contributed by atoms with Gasteiger partial charge in [-0.05, 0) is 26.2 Å². The van der Waals surface area contributed by atoms with Crippen LogP contribution in [0.5, 0.6) is 5.88 Å². The van der Waals surface area contributed by atoms with Crippen molar-refractivity contribution in [1.29, 1.82) is 0 Å². The van der Waals surface area contributed by atoms with Crippen molar-refractivity contribution in [3.05, 3.63) is 12.1 Å². The summed E-state index contributed by atoms with van der Waals surface area (Å²) in [5, 5.41) is 2.43. The fourth-order valence-corrected chi connectivity index (χ4v) is 1.26. The highest BCUT2D eigenvalue weighted by Gasteiger charge is 2.29. The van der Waals surface area contributed by atoms with Crippen molar-refractivity contribution < 1.29 is 22.7 Å². The van der Waals surface area contributed by atoms with Crippen LogP contribution in [0.15, 0.2) is 12.1 Å². The fourth-order valence-electron chi connectivity index (χ4n) is 1.26. The number of nitrogen functional groups attached to an aromatic ring is 1. The van der Waals surface area contributed by atoms with Crippen LogP contribution in [0, 0.1) is 0 Å². The van der Waals surface area contributed by atoms with E-state index in [0.29, 0.717) is 0 Å². The van der Waals surface area contributed by atoms with Gasteiger partial charge in [-0.3, -0.25) is 4.79 Å². The number of nitrogens with two attached hydrogens (primary N) is 1. The van der Waals surface area contributed by atoms with Gasteiger partial charge in [0, 0.05) is 0 Å². The number of nitrogens with zero attached hydrogens (tertiary/aromatic N) is 2. The second kappa shape index (κ2) is 6.42. The maximum Gasteiger partial charge on any atom is 0.422 e. The molecule has 9 heteroatoms. The first-order chi connectivity index (χ1) is 9.17. The molecule has 1 heterocycles. The molecule has 0 radical (unpaired) electrons. The highest BCUT2D eigenvalue weighted by atomic mass is 19.4. The number of aromatic nitrogens is 1. The van der Waals surface area contributed by atoms with Crippen LogP contribution in [0.3, 0.4) is 0 Å². The second-order valence-electron chi connectivity index (χ2n) is 4.28. The van der Waals surface area contributed by atoms with E-state index < -0.39 is 12.8 Å². The third-order valence-electron chi connectivity index (χ3n) is 1.99.